The van der Waals surface area contributed by atoms with E-state index in [1.165, 1.54) is 0 Å². The van der Waals surface area contributed by atoms with E-state index in [9.17, 15) is 8.42 Å². The van der Waals surface area contributed by atoms with Gasteiger partial charge in [0.05, 0.1) is 12.3 Å². The predicted octanol–water partition coefficient (Wildman–Crippen LogP) is 2.42. The minimum Gasteiger partial charge on any atom is -0.424 e. The number of benzene rings is 1. The Kier molecular flexibility index (Phi) is 5.38. The van der Waals surface area contributed by atoms with E-state index < -0.39 is 10.0 Å². The Morgan fingerprint density at radius 3 is 2.57 bits per heavy atom. The van der Waals surface area contributed by atoms with E-state index in [1.54, 1.807) is 12.1 Å². The molecule has 1 heterocycles. The fourth-order valence-corrected chi connectivity index (χ4v) is 2.77. The van der Waals surface area contributed by atoms with E-state index in [0.717, 1.165) is 11.8 Å². The number of rotatable bonds is 7. The number of aryl methyl sites for hydroxylation is 1. The molecule has 0 aliphatic heterocycles. The Labute approximate surface area is 136 Å². The van der Waals surface area contributed by atoms with E-state index in [0.29, 0.717) is 23.9 Å². The molecule has 0 radical (unpaired) electrons. The fraction of sp³-hybridized carbons (Fsp3) is 0.467. The van der Waals surface area contributed by atoms with Crippen LogP contribution in [-0.4, -0.2) is 24.9 Å². The highest BCUT2D eigenvalue weighted by Crippen LogP contribution is 2.21. The first kappa shape index (κ1) is 17.4. The largest absolute Gasteiger partial charge is 0.424 e. The highest BCUT2D eigenvalue weighted by Gasteiger charge is 2.17. The highest BCUT2D eigenvalue weighted by atomic mass is 32.2. The average Bonchev–Trinajstić information content (AvgIpc) is 2.94. The molecule has 0 spiro atoms. The predicted molar refractivity (Wildman–Crippen MR) is 88.6 cm³/mol. The van der Waals surface area contributed by atoms with Crippen molar-refractivity contribution in [1.82, 2.24) is 15.5 Å². The van der Waals surface area contributed by atoms with Gasteiger partial charge in [-0.05, 0) is 31.5 Å². The summed E-state index contributed by atoms with van der Waals surface area (Å²) in [4.78, 5) is 0. The van der Waals surface area contributed by atoms with Gasteiger partial charge in [-0.25, -0.2) is 8.42 Å². The number of anilines is 1. The summed E-state index contributed by atoms with van der Waals surface area (Å²) in [5.41, 5.74) is 1.50. The molecule has 2 atom stereocenters. The zero-order valence-corrected chi connectivity index (χ0v) is 14.5. The van der Waals surface area contributed by atoms with Gasteiger partial charge in [-0.1, -0.05) is 19.1 Å². The zero-order valence-electron chi connectivity index (χ0n) is 13.7. The van der Waals surface area contributed by atoms with Crippen LogP contribution >= 0.6 is 0 Å². The molecule has 0 saturated heterocycles. The van der Waals surface area contributed by atoms with Gasteiger partial charge in [0.2, 0.25) is 21.8 Å². The fourth-order valence-electron chi connectivity index (χ4n) is 2.21. The van der Waals surface area contributed by atoms with Crippen LogP contribution in [0.5, 0.6) is 0 Å². The summed E-state index contributed by atoms with van der Waals surface area (Å²) in [6.07, 6.45) is 1.83. The van der Waals surface area contributed by atoms with E-state index >= 15 is 0 Å². The Hall–Kier alpha value is -1.93. The van der Waals surface area contributed by atoms with Gasteiger partial charge in [-0.3, -0.25) is 10.0 Å². The van der Waals surface area contributed by atoms with Crippen molar-refractivity contribution in [3.63, 3.8) is 0 Å². The number of hydrogen-bond donors (Lipinski definition) is 2. The minimum absolute atomic E-state index is 0.0108. The van der Waals surface area contributed by atoms with Crippen LogP contribution < -0.4 is 10.0 Å². The Bertz CT molecular complexity index is 758. The van der Waals surface area contributed by atoms with Crippen LogP contribution in [-0.2, 0) is 16.4 Å². The lowest BCUT2D eigenvalue weighted by Gasteiger charge is -2.18. The SMILES string of the molecule is CCc1nnc([C@@H](C)N[C@@H](C)c2cccc(NS(C)(=O)=O)c2)o1. The molecule has 7 nitrogen and oxygen atoms in total. The molecule has 2 aromatic rings. The molecule has 23 heavy (non-hydrogen) atoms. The molecule has 0 fully saturated rings. The van der Waals surface area contributed by atoms with E-state index in [-0.39, 0.29) is 12.1 Å². The number of nitrogens with zero attached hydrogens (tertiary/aromatic N) is 2. The monoisotopic (exact) mass is 338 g/mol. The Balaban J connectivity index is 2.07. The van der Waals surface area contributed by atoms with Crippen LogP contribution in [0.15, 0.2) is 28.7 Å². The van der Waals surface area contributed by atoms with Gasteiger partial charge in [0.25, 0.3) is 0 Å². The van der Waals surface area contributed by atoms with Crippen LogP contribution in [0, 0.1) is 0 Å². The summed E-state index contributed by atoms with van der Waals surface area (Å²) in [5, 5.41) is 11.4. The summed E-state index contributed by atoms with van der Waals surface area (Å²) >= 11 is 0. The van der Waals surface area contributed by atoms with Gasteiger partial charge in [0, 0.05) is 18.2 Å². The van der Waals surface area contributed by atoms with Crippen molar-refractivity contribution < 1.29 is 12.8 Å². The molecule has 1 aromatic heterocycles. The number of sulfonamides is 1. The van der Waals surface area contributed by atoms with E-state index in [1.807, 2.05) is 32.9 Å². The van der Waals surface area contributed by atoms with Crippen molar-refractivity contribution in [3.8, 4) is 0 Å². The van der Waals surface area contributed by atoms with Crippen molar-refractivity contribution in [2.24, 2.45) is 0 Å². The second kappa shape index (κ2) is 7.10. The quantitative estimate of drug-likeness (QED) is 0.804. The normalized spacial score (nSPS) is 14.4. The first-order valence-electron chi connectivity index (χ1n) is 7.44. The molecule has 0 bridgehead atoms. The first-order chi connectivity index (χ1) is 10.8. The molecular formula is C15H22N4O3S. The molecule has 0 amide bonds. The average molecular weight is 338 g/mol. The maximum absolute atomic E-state index is 11.3. The molecular weight excluding hydrogens is 316 g/mol. The smallest absolute Gasteiger partial charge is 0.233 e. The minimum atomic E-state index is -3.29. The Morgan fingerprint density at radius 1 is 1.22 bits per heavy atom. The van der Waals surface area contributed by atoms with Gasteiger partial charge < -0.3 is 4.42 Å². The molecule has 0 unspecified atom stereocenters. The Morgan fingerprint density at radius 2 is 1.96 bits per heavy atom. The number of nitrogens with one attached hydrogen (secondary N) is 2. The van der Waals surface area contributed by atoms with E-state index in [2.05, 4.69) is 20.2 Å². The highest BCUT2D eigenvalue weighted by molar-refractivity contribution is 7.92. The maximum atomic E-state index is 11.3. The lowest BCUT2D eigenvalue weighted by molar-refractivity contribution is 0.374. The standard InChI is InChI=1S/C15H22N4O3S/c1-5-14-17-18-15(22-14)11(3)16-10(2)12-7-6-8-13(9-12)19-23(4,20)21/h6-11,16,19H,5H2,1-4H3/t10-,11+/m0/s1. The third-order valence-electron chi connectivity index (χ3n) is 3.35. The summed E-state index contributed by atoms with van der Waals surface area (Å²) in [5.74, 6) is 1.15. The van der Waals surface area contributed by atoms with Crippen LogP contribution in [0.3, 0.4) is 0 Å². The molecule has 8 heteroatoms. The van der Waals surface area contributed by atoms with Crippen molar-refractivity contribution in [1.29, 1.82) is 0 Å². The first-order valence-corrected chi connectivity index (χ1v) is 9.33. The molecule has 2 N–H and O–H groups in total. The molecule has 0 aliphatic rings. The molecule has 126 valence electrons. The van der Waals surface area contributed by atoms with Crippen LogP contribution in [0.1, 0.15) is 50.2 Å². The number of hydrogen-bond acceptors (Lipinski definition) is 6. The van der Waals surface area contributed by atoms with Gasteiger partial charge in [0.1, 0.15) is 0 Å². The second-order valence-corrected chi connectivity index (χ2v) is 7.25. The van der Waals surface area contributed by atoms with Gasteiger partial charge >= 0.3 is 0 Å². The van der Waals surface area contributed by atoms with Crippen molar-refractivity contribution >= 4 is 15.7 Å². The van der Waals surface area contributed by atoms with Crippen molar-refractivity contribution in [2.75, 3.05) is 11.0 Å². The van der Waals surface area contributed by atoms with Crippen molar-refractivity contribution in [2.45, 2.75) is 39.3 Å². The summed E-state index contributed by atoms with van der Waals surface area (Å²) < 4.78 is 30.7. The lowest BCUT2D eigenvalue weighted by Crippen LogP contribution is -2.23. The third-order valence-corrected chi connectivity index (χ3v) is 3.95. The van der Waals surface area contributed by atoms with Gasteiger partial charge in [-0.2, -0.15) is 0 Å². The topological polar surface area (TPSA) is 97.1 Å². The zero-order chi connectivity index (χ0) is 17.0. The van der Waals surface area contributed by atoms with E-state index in [4.69, 9.17) is 4.42 Å². The van der Waals surface area contributed by atoms with Crippen molar-refractivity contribution in [3.05, 3.63) is 41.6 Å². The molecule has 1 aromatic carbocycles. The lowest BCUT2D eigenvalue weighted by atomic mass is 10.1. The summed E-state index contributed by atoms with van der Waals surface area (Å²) in [6, 6.07) is 7.15. The van der Waals surface area contributed by atoms with Gasteiger partial charge in [-0.15, -0.1) is 10.2 Å². The second-order valence-electron chi connectivity index (χ2n) is 5.50. The summed E-state index contributed by atoms with van der Waals surface area (Å²) in [6.45, 7) is 5.90. The molecule has 0 aliphatic carbocycles. The maximum Gasteiger partial charge on any atom is 0.233 e. The van der Waals surface area contributed by atoms with Crippen LogP contribution in [0.25, 0.3) is 0 Å². The summed E-state index contributed by atoms with van der Waals surface area (Å²) in [7, 11) is -3.29. The van der Waals surface area contributed by atoms with Gasteiger partial charge in [0.15, 0.2) is 0 Å². The third kappa shape index (κ3) is 5.04. The van der Waals surface area contributed by atoms with Crippen LogP contribution in [0.4, 0.5) is 5.69 Å². The molecule has 0 saturated carbocycles. The number of aromatic nitrogens is 2. The molecule has 2 rings (SSSR count). The van der Waals surface area contributed by atoms with Crippen LogP contribution in [0.2, 0.25) is 0 Å².